The van der Waals surface area contributed by atoms with Crippen molar-refractivity contribution in [2.45, 2.75) is 12.8 Å². The van der Waals surface area contributed by atoms with Gasteiger partial charge < -0.3 is 20.4 Å². The maximum atomic E-state index is 8.51. The summed E-state index contributed by atoms with van der Waals surface area (Å²) >= 11 is 0. The van der Waals surface area contributed by atoms with E-state index < -0.39 is 0 Å². The summed E-state index contributed by atoms with van der Waals surface area (Å²) in [5.74, 6) is 1.23. The number of nitrogens with two attached hydrogens (primary N) is 1. The third-order valence-corrected chi connectivity index (χ3v) is 2.93. The van der Waals surface area contributed by atoms with Gasteiger partial charge in [-0.05, 0) is 30.9 Å². The van der Waals surface area contributed by atoms with Crippen LogP contribution in [0.2, 0.25) is 0 Å². The van der Waals surface area contributed by atoms with Crippen molar-refractivity contribution in [3.05, 3.63) is 24.0 Å². The van der Waals surface area contributed by atoms with Gasteiger partial charge in [0.25, 0.3) is 0 Å². The van der Waals surface area contributed by atoms with E-state index in [9.17, 15) is 0 Å². The van der Waals surface area contributed by atoms with Crippen molar-refractivity contribution >= 4 is 5.84 Å². The normalized spacial score (nSPS) is 17.7. The molecule has 1 aromatic rings. The molecule has 0 unspecified atom stereocenters. The second-order valence-electron chi connectivity index (χ2n) is 4.23. The summed E-state index contributed by atoms with van der Waals surface area (Å²) in [6, 6.07) is 3.42. The van der Waals surface area contributed by atoms with Crippen molar-refractivity contribution in [3.8, 4) is 5.75 Å². The van der Waals surface area contributed by atoms with Gasteiger partial charge >= 0.3 is 0 Å². The van der Waals surface area contributed by atoms with Crippen LogP contribution in [0.15, 0.2) is 23.5 Å². The molecule has 0 spiro atoms. The van der Waals surface area contributed by atoms with Gasteiger partial charge in [-0.15, -0.1) is 0 Å². The summed E-state index contributed by atoms with van der Waals surface area (Å²) < 4.78 is 10.9. The fraction of sp³-hybridized carbons (Fsp3) is 0.500. The largest absolute Gasteiger partial charge is 0.492 e. The smallest absolute Gasteiger partial charge is 0.188 e. The molecule has 1 fully saturated rings. The number of oxime groups is 1. The molecule has 0 atom stereocenters. The average Bonchev–Trinajstić information content (AvgIpc) is 2.46. The monoisotopic (exact) mass is 251 g/mol. The van der Waals surface area contributed by atoms with Gasteiger partial charge in [-0.2, -0.15) is 0 Å². The van der Waals surface area contributed by atoms with E-state index in [2.05, 4.69) is 10.1 Å². The quantitative estimate of drug-likeness (QED) is 0.360. The van der Waals surface area contributed by atoms with E-state index in [0.717, 1.165) is 26.1 Å². The first-order valence-electron chi connectivity index (χ1n) is 5.94. The number of hydrogen-bond donors (Lipinski definition) is 2. The second kappa shape index (κ2) is 6.20. The van der Waals surface area contributed by atoms with Gasteiger partial charge in [-0.3, -0.25) is 0 Å². The molecule has 3 N–H and O–H groups in total. The standard InChI is InChI=1S/C12H17N3O3/c13-12(15-16)11-2-1-10(7-14-11)18-8-9-3-5-17-6-4-9/h1-2,7,9,16H,3-6,8H2,(H2,13,15). The number of pyridine rings is 1. The predicted molar refractivity (Wildman–Crippen MR) is 65.8 cm³/mol. The maximum absolute atomic E-state index is 8.51. The summed E-state index contributed by atoms with van der Waals surface area (Å²) in [5, 5.41) is 11.4. The summed E-state index contributed by atoms with van der Waals surface area (Å²) in [6.45, 7) is 2.30. The first-order valence-corrected chi connectivity index (χ1v) is 5.94. The van der Waals surface area contributed by atoms with Crippen LogP contribution in [0.1, 0.15) is 18.5 Å². The number of aromatic nitrogens is 1. The second-order valence-corrected chi connectivity index (χ2v) is 4.23. The molecule has 0 amide bonds. The average molecular weight is 251 g/mol. The van der Waals surface area contributed by atoms with Gasteiger partial charge in [0.05, 0.1) is 12.8 Å². The Bertz CT molecular complexity index is 400. The van der Waals surface area contributed by atoms with Crippen LogP contribution in [0.3, 0.4) is 0 Å². The Morgan fingerprint density at radius 1 is 1.50 bits per heavy atom. The Morgan fingerprint density at radius 2 is 2.28 bits per heavy atom. The SMILES string of the molecule is N/C(=N/O)c1ccc(OCC2CCOCC2)cn1. The molecule has 18 heavy (non-hydrogen) atoms. The molecule has 1 aliphatic heterocycles. The molecule has 0 saturated carbocycles. The fourth-order valence-electron chi connectivity index (χ4n) is 1.80. The van der Waals surface area contributed by atoms with Crippen LogP contribution < -0.4 is 10.5 Å². The highest BCUT2D eigenvalue weighted by molar-refractivity contribution is 5.95. The van der Waals surface area contributed by atoms with E-state index in [1.807, 2.05) is 0 Å². The van der Waals surface area contributed by atoms with Crippen molar-refractivity contribution in [2.75, 3.05) is 19.8 Å². The molecular weight excluding hydrogens is 234 g/mol. The lowest BCUT2D eigenvalue weighted by Crippen LogP contribution is -2.21. The van der Waals surface area contributed by atoms with E-state index in [1.54, 1.807) is 18.3 Å². The van der Waals surface area contributed by atoms with Crippen LogP contribution in [0.25, 0.3) is 0 Å². The minimum Gasteiger partial charge on any atom is -0.492 e. The zero-order valence-electron chi connectivity index (χ0n) is 10.1. The number of ether oxygens (including phenoxy) is 2. The minimum absolute atomic E-state index is 0.00835. The highest BCUT2D eigenvalue weighted by Gasteiger charge is 2.14. The Hall–Kier alpha value is -1.82. The van der Waals surface area contributed by atoms with Crippen LogP contribution in [0.4, 0.5) is 0 Å². The van der Waals surface area contributed by atoms with Crippen LogP contribution in [-0.2, 0) is 4.74 Å². The zero-order chi connectivity index (χ0) is 12.8. The van der Waals surface area contributed by atoms with Gasteiger partial charge in [0, 0.05) is 13.2 Å². The Kier molecular flexibility index (Phi) is 4.35. The van der Waals surface area contributed by atoms with Gasteiger partial charge in [-0.25, -0.2) is 4.98 Å². The molecular formula is C12H17N3O3. The van der Waals surface area contributed by atoms with E-state index in [-0.39, 0.29) is 5.84 Å². The molecule has 6 nitrogen and oxygen atoms in total. The molecule has 0 aliphatic carbocycles. The van der Waals surface area contributed by atoms with Crippen molar-refractivity contribution in [2.24, 2.45) is 16.8 Å². The maximum Gasteiger partial charge on any atom is 0.188 e. The minimum atomic E-state index is -0.00835. The number of amidine groups is 1. The third kappa shape index (κ3) is 3.33. The molecule has 2 rings (SSSR count). The summed E-state index contributed by atoms with van der Waals surface area (Å²) in [4.78, 5) is 4.05. The lowest BCUT2D eigenvalue weighted by atomic mass is 10.0. The van der Waals surface area contributed by atoms with Crippen LogP contribution >= 0.6 is 0 Å². The molecule has 0 bridgehead atoms. The number of nitrogens with zero attached hydrogens (tertiary/aromatic N) is 2. The summed E-state index contributed by atoms with van der Waals surface area (Å²) in [7, 11) is 0. The molecule has 1 aliphatic rings. The highest BCUT2D eigenvalue weighted by Crippen LogP contribution is 2.17. The molecule has 0 radical (unpaired) electrons. The highest BCUT2D eigenvalue weighted by atomic mass is 16.5. The number of rotatable bonds is 4. The molecule has 1 aromatic heterocycles. The van der Waals surface area contributed by atoms with Gasteiger partial charge in [0.2, 0.25) is 0 Å². The Labute approximate surface area is 105 Å². The van der Waals surface area contributed by atoms with Crippen LogP contribution in [0.5, 0.6) is 5.75 Å². The molecule has 98 valence electrons. The van der Waals surface area contributed by atoms with E-state index in [1.165, 1.54) is 0 Å². The lowest BCUT2D eigenvalue weighted by molar-refractivity contribution is 0.0497. The van der Waals surface area contributed by atoms with Crippen molar-refractivity contribution in [3.63, 3.8) is 0 Å². The van der Waals surface area contributed by atoms with Crippen molar-refractivity contribution < 1.29 is 14.7 Å². The van der Waals surface area contributed by atoms with E-state index in [4.69, 9.17) is 20.4 Å². The van der Waals surface area contributed by atoms with Crippen molar-refractivity contribution in [1.82, 2.24) is 4.98 Å². The van der Waals surface area contributed by atoms with E-state index in [0.29, 0.717) is 24.0 Å². The molecule has 2 heterocycles. The topological polar surface area (TPSA) is 90.0 Å². The third-order valence-electron chi connectivity index (χ3n) is 2.93. The fourth-order valence-corrected chi connectivity index (χ4v) is 1.80. The predicted octanol–water partition coefficient (Wildman–Crippen LogP) is 0.981. The summed E-state index contributed by atoms with van der Waals surface area (Å²) in [6.07, 6.45) is 3.65. The van der Waals surface area contributed by atoms with Crippen LogP contribution in [0, 0.1) is 5.92 Å². The molecule has 1 saturated heterocycles. The first kappa shape index (κ1) is 12.6. The number of hydrogen-bond acceptors (Lipinski definition) is 5. The van der Waals surface area contributed by atoms with Crippen LogP contribution in [-0.4, -0.2) is 35.8 Å². The molecule has 0 aromatic carbocycles. The van der Waals surface area contributed by atoms with E-state index >= 15 is 0 Å². The van der Waals surface area contributed by atoms with Gasteiger partial charge in [-0.1, -0.05) is 5.16 Å². The zero-order valence-corrected chi connectivity index (χ0v) is 10.1. The first-order chi connectivity index (χ1) is 8.79. The van der Waals surface area contributed by atoms with Gasteiger partial charge in [0.15, 0.2) is 5.84 Å². The Balaban J connectivity index is 1.86. The van der Waals surface area contributed by atoms with Gasteiger partial charge in [0.1, 0.15) is 11.4 Å². The van der Waals surface area contributed by atoms with Crippen molar-refractivity contribution in [1.29, 1.82) is 0 Å². The molecule has 6 heteroatoms. The lowest BCUT2D eigenvalue weighted by Gasteiger charge is -2.21. The Morgan fingerprint density at radius 3 is 2.89 bits per heavy atom. The summed E-state index contributed by atoms with van der Waals surface area (Å²) in [5.41, 5.74) is 5.84.